The molecular weight excluding hydrogens is 246 g/mol. The first-order valence-electron chi connectivity index (χ1n) is 5.64. The van der Waals surface area contributed by atoms with E-state index in [4.69, 9.17) is 10.8 Å². The number of aromatic nitrogens is 2. The Morgan fingerprint density at radius 2 is 2.05 bits per heavy atom. The largest absolute Gasteiger partial charge is 0.477 e. The molecule has 6 heteroatoms. The Morgan fingerprint density at radius 3 is 2.68 bits per heavy atom. The van der Waals surface area contributed by atoms with Crippen LogP contribution in [0.2, 0.25) is 0 Å². The second kappa shape index (κ2) is 4.93. The number of benzene rings is 1. The smallest absolute Gasteiger partial charge is 0.354 e. The number of carboxylic acids is 1. The van der Waals surface area contributed by atoms with Crippen LogP contribution < -0.4 is 5.73 Å². The molecule has 6 nitrogen and oxygen atoms in total. The molecule has 0 fully saturated rings. The lowest BCUT2D eigenvalue weighted by molar-refractivity contribution is 0.0685. The van der Waals surface area contributed by atoms with E-state index in [0.29, 0.717) is 17.0 Å². The Hall–Kier alpha value is -2.63. The summed E-state index contributed by atoms with van der Waals surface area (Å²) in [6, 6.07) is 6.84. The summed E-state index contributed by atoms with van der Waals surface area (Å²) < 4.78 is 1.53. The van der Waals surface area contributed by atoms with E-state index in [1.165, 1.54) is 10.8 Å². The monoisotopic (exact) mass is 259 g/mol. The maximum atomic E-state index is 11.3. The van der Waals surface area contributed by atoms with Gasteiger partial charge in [-0.25, -0.2) is 9.78 Å². The van der Waals surface area contributed by atoms with Crippen molar-refractivity contribution in [2.24, 2.45) is 5.73 Å². The van der Waals surface area contributed by atoms with E-state index in [1.807, 2.05) is 0 Å². The standard InChI is InChI=1S/C13H13N3O3/c1-8-15-6-11(13(18)19)16(8)7-9-4-2-3-5-10(9)12(14)17/h2-6H,7H2,1H3,(H2,14,17)(H,18,19). The molecule has 0 aliphatic rings. The molecule has 0 atom stereocenters. The average molecular weight is 259 g/mol. The van der Waals surface area contributed by atoms with Gasteiger partial charge in [-0.05, 0) is 18.6 Å². The van der Waals surface area contributed by atoms with E-state index in [9.17, 15) is 9.59 Å². The quantitative estimate of drug-likeness (QED) is 0.856. The van der Waals surface area contributed by atoms with Crippen molar-refractivity contribution >= 4 is 11.9 Å². The number of carbonyl (C=O) groups is 2. The average Bonchev–Trinajstić information content (AvgIpc) is 2.72. The molecule has 1 amide bonds. The molecule has 0 aliphatic heterocycles. The fourth-order valence-corrected chi connectivity index (χ4v) is 1.91. The van der Waals surface area contributed by atoms with Crippen molar-refractivity contribution in [1.29, 1.82) is 0 Å². The van der Waals surface area contributed by atoms with E-state index in [0.717, 1.165) is 0 Å². The minimum Gasteiger partial charge on any atom is -0.477 e. The van der Waals surface area contributed by atoms with Crippen molar-refractivity contribution in [2.75, 3.05) is 0 Å². The van der Waals surface area contributed by atoms with E-state index in [1.54, 1.807) is 31.2 Å². The summed E-state index contributed by atoms with van der Waals surface area (Å²) >= 11 is 0. The molecule has 19 heavy (non-hydrogen) atoms. The number of imidazole rings is 1. The van der Waals surface area contributed by atoms with Crippen molar-refractivity contribution in [3.63, 3.8) is 0 Å². The second-order valence-electron chi connectivity index (χ2n) is 4.10. The normalized spacial score (nSPS) is 10.4. The van der Waals surface area contributed by atoms with Crippen LogP contribution in [0.5, 0.6) is 0 Å². The van der Waals surface area contributed by atoms with Crippen LogP contribution in [0, 0.1) is 6.92 Å². The fourth-order valence-electron chi connectivity index (χ4n) is 1.91. The molecule has 0 radical (unpaired) electrons. The molecule has 0 unspecified atom stereocenters. The van der Waals surface area contributed by atoms with Gasteiger partial charge in [0.25, 0.3) is 0 Å². The molecule has 1 aromatic carbocycles. The highest BCUT2D eigenvalue weighted by atomic mass is 16.4. The lowest BCUT2D eigenvalue weighted by Gasteiger charge is -2.10. The number of aryl methyl sites for hydroxylation is 1. The van der Waals surface area contributed by atoms with Gasteiger partial charge in [-0.15, -0.1) is 0 Å². The van der Waals surface area contributed by atoms with Crippen molar-refractivity contribution < 1.29 is 14.7 Å². The molecule has 1 heterocycles. The van der Waals surface area contributed by atoms with E-state index >= 15 is 0 Å². The molecule has 0 saturated carbocycles. The summed E-state index contributed by atoms with van der Waals surface area (Å²) in [5, 5.41) is 9.08. The molecule has 3 N–H and O–H groups in total. The van der Waals surface area contributed by atoms with Crippen molar-refractivity contribution in [1.82, 2.24) is 9.55 Å². The first kappa shape index (κ1) is 12.8. The Bertz CT molecular complexity index is 646. The van der Waals surface area contributed by atoms with Gasteiger partial charge in [0.1, 0.15) is 11.5 Å². The molecule has 2 rings (SSSR count). The molecule has 0 bridgehead atoms. The number of hydrogen-bond donors (Lipinski definition) is 2. The number of rotatable bonds is 4. The highest BCUT2D eigenvalue weighted by Crippen LogP contribution is 2.13. The van der Waals surface area contributed by atoms with Gasteiger partial charge < -0.3 is 15.4 Å². The summed E-state index contributed by atoms with van der Waals surface area (Å²) in [6.07, 6.45) is 1.30. The molecule has 0 spiro atoms. The van der Waals surface area contributed by atoms with Gasteiger partial charge in [0.15, 0.2) is 0 Å². The Kier molecular flexibility index (Phi) is 3.33. The minimum absolute atomic E-state index is 0.0803. The van der Waals surface area contributed by atoms with Crippen LogP contribution >= 0.6 is 0 Å². The third-order valence-electron chi connectivity index (χ3n) is 2.89. The van der Waals surface area contributed by atoms with Gasteiger partial charge in [0, 0.05) is 5.56 Å². The second-order valence-corrected chi connectivity index (χ2v) is 4.10. The van der Waals surface area contributed by atoms with Gasteiger partial charge in [0.05, 0.1) is 12.7 Å². The molecule has 0 saturated heterocycles. The predicted molar refractivity (Wildman–Crippen MR) is 68.0 cm³/mol. The molecule has 2 aromatic rings. The number of hydrogen-bond acceptors (Lipinski definition) is 3. The van der Waals surface area contributed by atoms with Crippen LogP contribution in [-0.2, 0) is 6.54 Å². The lowest BCUT2D eigenvalue weighted by atomic mass is 10.1. The summed E-state index contributed by atoms with van der Waals surface area (Å²) in [5.41, 5.74) is 6.43. The molecule has 0 aliphatic carbocycles. The van der Waals surface area contributed by atoms with Gasteiger partial charge in [-0.2, -0.15) is 0 Å². The van der Waals surface area contributed by atoms with Gasteiger partial charge in [-0.3, -0.25) is 4.79 Å². The number of amides is 1. The zero-order valence-corrected chi connectivity index (χ0v) is 10.3. The van der Waals surface area contributed by atoms with E-state index < -0.39 is 11.9 Å². The third-order valence-corrected chi connectivity index (χ3v) is 2.89. The number of primary amides is 1. The number of nitrogens with zero attached hydrogens (tertiary/aromatic N) is 2. The SMILES string of the molecule is Cc1ncc(C(=O)O)n1Cc1ccccc1C(N)=O. The van der Waals surface area contributed by atoms with Crippen molar-refractivity contribution in [3.8, 4) is 0 Å². The molecular formula is C13H13N3O3. The highest BCUT2D eigenvalue weighted by molar-refractivity contribution is 5.94. The van der Waals surface area contributed by atoms with Crippen LogP contribution in [0.4, 0.5) is 0 Å². The Morgan fingerprint density at radius 1 is 1.37 bits per heavy atom. The van der Waals surface area contributed by atoms with Crippen LogP contribution in [0.3, 0.4) is 0 Å². The number of carbonyl (C=O) groups excluding carboxylic acids is 1. The highest BCUT2D eigenvalue weighted by Gasteiger charge is 2.15. The summed E-state index contributed by atoms with van der Waals surface area (Å²) in [7, 11) is 0. The predicted octanol–water partition coefficient (Wildman–Crippen LogP) is 1.04. The zero-order chi connectivity index (χ0) is 14.0. The minimum atomic E-state index is -1.06. The number of nitrogens with two attached hydrogens (primary N) is 1. The lowest BCUT2D eigenvalue weighted by Crippen LogP contribution is -2.17. The van der Waals surface area contributed by atoms with Gasteiger partial charge >= 0.3 is 5.97 Å². The Labute approximate surface area is 109 Å². The van der Waals surface area contributed by atoms with Crippen molar-refractivity contribution in [2.45, 2.75) is 13.5 Å². The summed E-state index contributed by atoms with van der Waals surface area (Å²) in [6.45, 7) is 1.95. The summed E-state index contributed by atoms with van der Waals surface area (Å²) in [5.74, 6) is -1.03. The van der Waals surface area contributed by atoms with Crippen LogP contribution in [0.1, 0.15) is 32.2 Å². The van der Waals surface area contributed by atoms with Crippen LogP contribution in [0.15, 0.2) is 30.5 Å². The number of carboxylic acid groups (broad SMARTS) is 1. The zero-order valence-electron chi connectivity index (χ0n) is 10.3. The maximum Gasteiger partial charge on any atom is 0.354 e. The van der Waals surface area contributed by atoms with Gasteiger partial charge in [-0.1, -0.05) is 18.2 Å². The molecule has 98 valence electrons. The van der Waals surface area contributed by atoms with Crippen LogP contribution in [0.25, 0.3) is 0 Å². The third kappa shape index (κ3) is 2.47. The van der Waals surface area contributed by atoms with E-state index in [2.05, 4.69) is 4.98 Å². The number of aromatic carboxylic acids is 1. The van der Waals surface area contributed by atoms with Crippen molar-refractivity contribution in [3.05, 3.63) is 53.1 Å². The summed E-state index contributed by atoms with van der Waals surface area (Å²) in [4.78, 5) is 26.4. The first-order chi connectivity index (χ1) is 9.00. The maximum absolute atomic E-state index is 11.3. The van der Waals surface area contributed by atoms with Crippen LogP contribution in [-0.4, -0.2) is 26.5 Å². The van der Waals surface area contributed by atoms with E-state index in [-0.39, 0.29) is 12.2 Å². The Balaban J connectivity index is 2.45. The first-order valence-corrected chi connectivity index (χ1v) is 5.64. The van der Waals surface area contributed by atoms with Gasteiger partial charge in [0.2, 0.25) is 5.91 Å². The molecule has 1 aromatic heterocycles. The topological polar surface area (TPSA) is 98.2 Å². The fraction of sp³-hybridized carbons (Fsp3) is 0.154.